The van der Waals surface area contributed by atoms with E-state index in [2.05, 4.69) is 9.62 Å². The van der Waals surface area contributed by atoms with E-state index in [1.807, 2.05) is 0 Å². The second kappa shape index (κ2) is 8.16. The van der Waals surface area contributed by atoms with Crippen LogP contribution in [0.25, 0.3) is 0 Å². The third kappa shape index (κ3) is 4.71. The Kier molecular flexibility index (Phi) is 6.49. The summed E-state index contributed by atoms with van der Waals surface area (Å²) >= 11 is 0. The van der Waals surface area contributed by atoms with Crippen molar-refractivity contribution in [3.05, 3.63) is 18.2 Å². The lowest BCUT2D eigenvalue weighted by atomic mass is 10.3. The van der Waals surface area contributed by atoms with Crippen LogP contribution >= 0.6 is 0 Å². The molecule has 2 aliphatic heterocycles. The molecule has 1 aromatic carbocycles. The maximum Gasteiger partial charge on any atom is 0.240 e. The zero-order valence-electron chi connectivity index (χ0n) is 12.7. The molecule has 0 unspecified atom stereocenters. The number of benzene rings is 1. The Bertz CT molecular complexity index is 620. The summed E-state index contributed by atoms with van der Waals surface area (Å²) < 4.78 is 43.3. The number of nitrogens with zero attached hydrogens (tertiary/aromatic N) is 1. The summed E-state index contributed by atoms with van der Waals surface area (Å²) in [6.45, 7) is 5.04. The molecule has 1 N–H and O–H groups in total. The van der Waals surface area contributed by atoms with E-state index >= 15 is 0 Å². The van der Waals surface area contributed by atoms with E-state index in [1.54, 1.807) is 6.07 Å². The third-order valence-electron chi connectivity index (χ3n) is 3.65. The second-order valence-electron chi connectivity index (χ2n) is 5.16. The summed E-state index contributed by atoms with van der Waals surface area (Å²) in [6, 6.07) is 4.67. The normalized spacial score (nSPS) is 18.3. The molecule has 3 rings (SSSR count). The van der Waals surface area contributed by atoms with Gasteiger partial charge in [0.2, 0.25) is 10.0 Å². The van der Waals surface area contributed by atoms with Crippen LogP contribution in [0.1, 0.15) is 0 Å². The van der Waals surface area contributed by atoms with Crippen molar-refractivity contribution in [1.29, 1.82) is 0 Å². The maximum absolute atomic E-state index is 12.3. The molecule has 0 saturated carbocycles. The topological polar surface area (TPSA) is 77.1 Å². The van der Waals surface area contributed by atoms with Crippen molar-refractivity contribution < 1.29 is 35.0 Å². The van der Waals surface area contributed by atoms with Crippen LogP contribution in [0.3, 0.4) is 0 Å². The summed E-state index contributed by atoms with van der Waals surface area (Å²) in [5, 5.41) is 0. The number of hydrogen-bond donors (Lipinski definition) is 1. The Morgan fingerprint density at radius 1 is 1.04 bits per heavy atom. The van der Waals surface area contributed by atoms with Gasteiger partial charge in [0.05, 0.1) is 18.1 Å². The zero-order valence-corrected chi connectivity index (χ0v) is 14.2. The number of nitrogens with one attached hydrogen (secondary N) is 1. The minimum Gasteiger partial charge on any atom is -1.00 e. The molecule has 7 nitrogen and oxygen atoms in total. The number of ether oxygens (including phenoxy) is 3. The first-order valence-electron chi connectivity index (χ1n) is 7.34. The molecule has 0 spiro atoms. The van der Waals surface area contributed by atoms with Crippen molar-refractivity contribution in [2.45, 2.75) is 4.90 Å². The Hall–Kier alpha value is -1.06. The van der Waals surface area contributed by atoms with Gasteiger partial charge in [0.25, 0.3) is 0 Å². The second-order valence-corrected chi connectivity index (χ2v) is 6.92. The van der Waals surface area contributed by atoms with Gasteiger partial charge in [-0.25, -0.2) is 13.1 Å². The molecular formula is C14H20ClN2O5S-. The van der Waals surface area contributed by atoms with Crippen molar-refractivity contribution in [3.63, 3.8) is 0 Å². The van der Waals surface area contributed by atoms with Gasteiger partial charge in [-0.1, -0.05) is 0 Å². The van der Waals surface area contributed by atoms with Gasteiger partial charge >= 0.3 is 0 Å². The van der Waals surface area contributed by atoms with Crippen LogP contribution in [-0.4, -0.2) is 65.9 Å². The fraction of sp³-hybridized carbons (Fsp3) is 0.571. The number of sulfonamides is 1. The average Bonchev–Trinajstić information content (AvgIpc) is 2.55. The SMILES string of the molecule is O=S(=O)(NCCN1CCOCC1)c1ccc2c(c1)OCCO2.[Cl-]. The van der Waals surface area contributed by atoms with Gasteiger partial charge in [0, 0.05) is 32.2 Å². The van der Waals surface area contributed by atoms with Crippen LogP contribution in [0.2, 0.25) is 0 Å². The zero-order chi connectivity index (χ0) is 15.4. The molecule has 1 saturated heterocycles. The highest BCUT2D eigenvalue weighted by molar-refractivity contribution is 7.89. The molecule has 0 atom stereocenters. The first-order valence-corrected chi connectivity index (χ1v) is 8.83. The van der Waals surface area contributed by atoms with Gasteiger partial charge in [-0.2, -0.15) is 0 Å². The van der Waals surface area contributed by atoms with Gasteiger partial charge in [-0.05, 0) is 12.1 Å². The molecule has 0 amide bonds. The molecule has 0 aromatic heterocycles. The molecule has 2 aliphatic rings. The molecule has 2 heterocycles. The predicted octanol–water partition coefficient (Wildman–Crippen LogP) is -2.93. The molecule has 130 valence electrons. The van der Waals surface area contributed by atoms with Crippen molar-refractivity contribution in [2.75, 3.05) is 52.6 Å². The summed E-state index contributed by atoms with van der Waals surface area (Å²) in [6.07, 6.45) is 0. The van der Waals surface area contributed by atoms with E-state index in [9.17, 15) is 8.42 Å². The molecule has 1 aromatic rings. The summed E-state index contributed by atoms with van der Waals surface area (Å²) in [5.74, 6) is 1.06. The predicted molar refractivity (Wildman–Crippen MR) is 79.9 cm³/mol. The van der Waals surface area contributed by atoms with E-state index in [4.69, 9.17) is 14.2 Å². The lowest BCUT2D eigenvalue weighted by Crippen LogP contribution is -3.00. The standard InChI is InChI=1S/C14H20N2O5S.ClH/c17-22(18,15-3-4-16-5-7-19-8-6-16)12-1-2-13-14(11-12)21-10-9-20-13;/h1-2,11,15H,3-10H2;1H/p-1. The van der Waals surface area contributed by atoms with Crippen molar-refractivity contribution in [2.24, 2.45) is 0 Å². The van der Waals surface area contributed by atoms with E-state index < -0.39 is 10.0 Å². The van der Waals surface area contributed by atoms with Crippen LogP contribution in [0.4, 0.5) is 0 Å². The minimum atomic E-state index is -3.54. The number of halogens is 1. The van der Waals surface area contributed by atoms with Gasteiger partial charge in [-0.3, -0.25) is 4.90 Å². The minimum absolute atomic E-state index is 0. The van der Waals surface area contributed by atoms with E-state index in [0.717, 1.165) is 13.1 Å². The van der Waals surface area contributed by atoms with Gasteiger partial charge in [-0.15, -0.1) is 0 Å². The molecule has 23 heavy (non-hydrogen) atoms. The molecule has 0 radical (unpaired) electrons. The van der Waals surface area contributed by atoms with Gasteiger partial charge < -0.3 is 26.6 Å². The Labute approximate surface area is 142 Å². The Morgan fingerprint density at radius 2 is 1.74 bits per heavy atom. The number of hydrogen-bond acceptors (Lipinski definition) is 6. The lowest BCUT2D eigenvalue weighted by molar-refractivity contribution is -0.00000938. The quantitative estimate of drug-likeness (QED) is 0.604. The van der Waals surface area contributed by atoms with Crippen LogP contribution < -0.4 is 26.6 Å². The molecule has 1 fully saturated rings. The van der Waals surface area contributed by atoms with Crippen LogP contribution in [0.5, 0.6) is 11.5 Å². The first kappa shape index (κ1) is 18.3. The monoisotopic (exact) mass is 363 g/mol. The fourth-order valence-corrected chi connectivity index (χ4v) is 3.47. The van der Waals surface area contributed by atoms with Crippen molar-refractivity contribution >= 4 is 10.0 Å². The smallest absolute Gasteiger partial charge is 0.240 e. The average molecular weight is 364 g/mol. The van der Waals surface area contributed by atoms with Crippen molar-refractivity contribution in [1.82, 2.24) is 9.62 Å². The van der Waals surface area contributed by atoms with E-state index in [0.29, 0.717) is 51.0 Å². The number of morpholine rings is 1. The lowest BCUT2D eigenvalue weighted by Gasteiger charge is -2.26. The highest BCUT2D eigenvalue weighted by Crippen LogP contribution is 2.32. The van der Waals surface area contributed by atoms with Crippen LogP contribution in [0, 0.1) is 0 Å². The molecule has 9 heteroatoms. The number of rotatable bonds is 5. The van der Waals surface area contributed by atoms with E-state index in [1.165, 1.54) is 12.1 Å². The number of fused-ring (bicyclic) bond motifs is 1. The maximum atomic E-state index is 12.3. The Morgan fingerprint density at radius 3 is 2.48 bits per heavy atom. The highest BCUT2D eigenvalue weighted by Gasteiger charge is 2.19. The third-order valence-corrected chi connectivity index (χ3v) is 5.11. The largest absolute Gasteiger partial charge is 1.00 e. The summed E-state index contributed by atoms with van der Waals surface area (Å²) in [5.41, 5.74) is 0. The van der Waals surface area contributed by atoms with Crippen molar-refractivity contribution in [3.8, 4) is 11.5 Å². The fourth-order valence-electron chi connectivity index (χ4n) is 2.44. The summed E-state index contributed by atoms with van der Waals surface area (Å²) in [7, 11) is -3.54. The summed E-state index contributed by atoms with van der Waals surface area (Å²) in [4.78, 5) is 2.37. The van der Waals surface area contributed by atoms with E-state index in [-0.39, 0.29) is 17.3 Å². The van der Waals surface area contributed by atoms with Crippen LogP contribution in [0.15, 0.2) is 23.1 Å². The molecular weight excluding hydrogens is 344 g/mol. The van der Waals surface area contributed by atoms with Gasteiger partial charge in [0.15, 0.2) is 11.5 Å². The van der Waals surface area contributed by atoms with Gasteiger partial charge in [0.1, 0.15) is 13.2 Å². The first-order chi connectivity index (χ1) is 10.6. The molecule has 0 bridgehead atoms. The Balaban J connectivity index is 0.00000192. The molecule has 0 aliphatic carbocycles. The van der Waals surface area contributed by atoms with Crippen LogP contribution in [-0.2, 0) is 14.8 Å². The highest BCUT2D eigenvalue weighted by atomic mass is 35.5.